The van der Waals surface area contributed by atoms with Gasteiger partial charge in [0.2, 0.25) is 0 Å². The van der Waals surface area contributed by atoms with Gasteiger partial charge in [-0.2, -0.15) is 0 Å². The van der Waals surface area contributed by atoms with E-state index in [9.17, 15) is 14.7 Å². The number of carbonyl (C=O) groups is 2. The normalized spacial score (nSPS) is 16.2. The molecule has 0 bridgehead atoms. The topological polar surface area (TPSA) is 109 Å². The minimum atomic E-state index is -1.10. The van der Waals surface area contributed by atoms with Crippen molar-refractivity contribution >= 4 is 11.9 Å². The highest BCUT2D eigenvalue weighted by Gasteiger charge is 2.24. The molecule has 0 fully saturated rings. The van der Waals surface area contributed by atoms with Gasteiger partial charge in [0.25, 0.3) is 5.91 Å². The van der Waals surface area contributed by atoms with Crippen LogP contribution in [0.15, 0.2) is 54.7 Å². The number of carboxylic acid groups (broad SMARTS) is 1. The number of rotatable bonds is 8. The Labute approximate surface area is 186 Å². The number of aryl methyl sites for hydroxylation is 2. The number of carbonyl (C=O) groups excluding carboxylic acids is 1. The number of amides is 1. The van der Waals surface area contributed by atoms with Gasteiger partial charge in [0.1, 0.15) is 6.04 Å². The zero-order chi connectivity index (χ0) is 22.5. The molecule has 3 aromatic rings. The maximum Gasteiger partial charge on any atom is 0.327 e. The first kappa shape index (κ1) is 21.7. The molecular weight excluding hydrogens is 406 g/mol. The van der Waals surface area contributed by atoms with Gasteiger partial charge < -0.3 is 15.7 Å². The smallest absolute Gasteiger partial charge is 0.327 e. The van der Waals surface area contributed by atoms with Crippen molar-refractivity contribution in [2.45, 2.75) is 44.8 Å². The maximum absolute atomic E-state index is 12.3. The summed E-state index contributed by atoms with van der Waals surface area (Å²) < 4.78 is 1.90. The predicted molar refractivity (Wildman–Crippen MR) is 119 cm³/mol. The van der Waals surface area contributed by atoms with Gasteiger partial charge in [-0.05, 0) is 49.4 Å². The molecule has 166 valence electrons. The number of benzene rings is 2. The van der Waals surface area contributed by atoms with Crippen LogP contribution in [0, 0.1) is 6.92 Å². The molecule has 0 saturated heterocycles. The number of nitrogens with one attached hydrogen (secondary N) is 2. The molecule has 1 aliphatic rings. The highest BCUT2D eigenvalue weighted by Crippen LogP contribution is 2.32. The summed E-state index contributed by atoms with van der Waals surface area (Å²) in [6.45, 7) is 2.53. The van der Waals surface area contributed by atoms with Gasteiger partial charge in [-0.25, -0.2) is 9.48 Å². The average Bonchev–Trinajstić information content (AvgIpc) is 3.27. The van der Waals surface area contributed by atoms with Crippen molar-refractivity contribution in [1.82, 2.24) is 25.6 Å². The van der Waals surface area contributed by atoms with Crippen LogP contribution in [-0.4, -0.2) is 44.6 Å². The van der Waals surface area contributed by atoms with Gasteiger partial charge in [0, 0.05) is 18.7 Å². The second-order valence-electron chi connectivity index (χ2n) is 8.16. The highest BCUT2D eigenvalue weighted by atomic mass is 16.4. The quantitative estimate of drug-likeness (QED) is 0.504. The number of hydrogen-bond acceptors (Lipinski definition) is 5. The zero-order valence-electron chi connectivity index (χ0n) is 18.0. The van der Waals surface area contributed by atoms with Gasteiger partial charge in [0.05, 0.1) is 17.9 Å². The lowest BCUT2D eigenvalue weighted by atomic mass is 9.87. The molecule has 1 aliphatic carbocycles. The molecule has 1 heterocycles. The summed E-state index contributed by atoms with van der Waals surface area (Å²) in [5, 5.41) is 23.7. The van der Waals surface area contributed by atoms with E-state index in [0.29, 0.717) is 12.1 Å². The van der Waals surface area contributed by atoms with Crippen molar-refractivity contribution in [3.8, 4) is 0 Å². The molecule has 1 amide bonds. The van der Waals surface area contributed by atoms with E-state index >= 15 is 0 Å². The molecule has 2 aromatic carbocycles. The Morgan fingerprint density at radius 2 is 2.03 bits per heavy atom. The second-order valence-corrected chi connectivity index (χ2v) is 8.16. The van der Waals surface area contributed by atoms with E-state index in [4.69, 9.17) is 0 Å². The van der Waals surface area contributed by atoms with E-state index in [0.717, 1.165) is 25.0 Å². The lowest BCUT2D eigenvalue weighted by Crippen LogP contribution is -2.47. The van der Waals surface area contributed by atoms with Crippen molar-refractivity contribution < 1.29 is 14.7 Å². The molecule has 0 aliphatic heterocycles. The van der Waals surface area contributed by atoms with Gasteiger partial charge in [-0.15, -0.1) is 5.10 Å². The van der Waals surface area contributed by atoms with Crippen LogP contribution in [0.1, 0.15) is 51.6 Å². The molecule has 0 saturated carbocycles. The van der Waals surface area contributed by atoms with E-state index in [1.165, 1.54) is 16.7 Å². The molecule has 8 nitrogen and oxygen atoms in total. The van der Waals surface area contributed by atoms with E-state index in [2.05, 4.69) is 46.1 Å². The van der Waals surface area contributed by atoms with E-state index < -0.39 is 17.9 Å². The number of hydrogen-bond donors (Lipinski definition) is 3. The van der Waals surface area contributed by atoms with E-state index in [1.807, 2.05) is 10.9 Å². The Morgan fingerprint density at radius 1 is 1.22 bits per heavy atom. The first-order valence-corrected chi connectivity index (χ1v) is 10.8. The average molecular weight is 434 g/mol. The summed E-state index contributed by atoms with van der Waals surface area (Å²) in [4.78, 5) is 23.8. The second kappa shape index (κ2) is 9.74. The molecule has 8 heteroatoms. The lowest BCUT2D eigenvalue weighted by Gasteiger charge is -2.25. The fourth-order valence-electron chi connectivity index (χ4n) is 4.09. The van der Waals surface area contributed by atoms with Gasteiger partial charge in [-0.1, -0.05) is 47.2 Å². The van der Waals surface area contributed by atoms with Crippen molar-refractivity contribution in [3.63, 3.8) is 0 Å². The standard InChI is InChI=1S/C24H27N5O3/c1-16-10-11-17-8-5-9-22(20(17)12-16)29-15-19(27-28-29)13-25-14-21(24(31)32)26-23(30)18-6-3-2-4-7-18/h2-4,6-7,10-12,15,21-22,25H,5,8-9,13-14H2,1H3,(H,26,30)(H,31,32). The van der Waals surface area contributed by atoms with Gasteiger partial charge in [0.15, 0.2) is 0 Å². The van der Waals surface area contributed by atoms with Crippen LogP contribution in [0.3, 0.4) is 0 Å². The minimum Gasteiger partial charge on any atom is -0.480 e. The number of aromatic nitrogens is 3. The highest BCUT2D eigenvalue weighted by molar-refractivity contribution is 5.96. The van der Waals surface area contributed by atoms with E-state index in [-0.39, 0.29) is 12.6 Å². The lowest BCUT2D eigenvalue weighted by molar-refractivity contribution is -0.139. The molecular formula is C24H27N5O3. The SMILES string of the molecule is Cc1ccc2c(c1)C(n1cc(CNCC(NC(=O)c3ccccc3)C(=O)O)nn1)CCC2. The molecule has 32 heavy (non-hydrogen) atoms. The molecule has 2 unspecified atom stereocenters. The zero-order valence-corrected chi connectivity index (χ0v) is 18.0. The Bertz CT molecular complexity index is 1100. The summed E-state index contributed by atoms with van der Waals surface area (Å²) in [7, 11) is 0. The first-order chi connectivity index (χ1) is 15.5. The van der Waals surface area contributed by atoms with Crippen LogP contribution in [0.4, 0.5) is 0 Å². The van der Waals surface area contributed by atoms with Crippen LogP contribution in [0.25, 0.3) is 0 Å². The molecule has 0 radical (unpaired) electrons. The van der Waals surface area contributed by atoms with Gasteiger partial charge >= 0.3 is 5.97 Å². The van der Waals surface area contributed by atoms with Crippen LogP contribution in [-0.2, 0) is 17.8 Å². The van der Waals surface area contributed by atoms with Crippen LogP contribution in [0.5, 0.6) is 0 Å². The van der Waals surface area contributed by atoms with Crippen molar-refractivity contribution in [3.05, 3.63) is 82.7 Å². The number of fused-ring (bicyclic) bond motifs is 1. The molecule has 0 spiro atoms. The summed E-state index contributed by atoms with van der Waals surface area (Å²) >= 11 is 0. The third-order valence-corrected chi connectivity index (χ3v) is 5.76. The van der Waals surface area contributed by atoms with Crippen LogP contribution >= 0.6 is 0 Å². The fraction of sp³-hybridized carbons (Fsp3) is 0.333. The van der Waals surface area contributed by atoms with Crippen molar-refractivity contribution in [1.29, 1.82) is 0 Å². The van der Waals surface area contributed by atoms with E-state index in [1.54, 1.807) is 30.3 Å². The van der Waals surface area contributed by atoms with Crippen LogP contribution < -0.4 is 10.6 Å². The first-order valence-electron chi connectivity index (χ1n) is 10.8. The van der Waals surface area contributed by atoms with Crippen molar-refractivity contribution in [2.75, 3.05) is 6.54 Å². The van der Waals surface area contributed by atoms with Crippen LogP contribution in [0.2, 0.25) is 0 Å². The Balaban J connectivity index is 1.35. The molecule has 3 N–H and O–H groups in total. The molecule has 2 atom stereocenters. The minimum absolute atomic E-state index is 0.0756. The monoisotopic (exact) mass is 433 g/mol. The number of aliphatic carboxylic acids is 1. The molecule has 4 rings (SSSR count). The summed E-state index contributed by atoms with van der Waals surface area (Å²) in [6.07, 6.45) is 5.11. The third-order valence-electron chi connectivity index (χ3n) is 5.76. The number of carboxylic acids is 1. The largest absolute Gasteiger partial charge is 0.480 e. The number of nitrogens with zero attached hydrogens (tertiary/aromatic N) is 3. The third kappa shape index (κ3) is 5.03. The summed E-state index contributed by atoms with van der Waals surface area (Å²) in [5.41, 5.74) is 5.04. The van der Waals surface area contributed by atoms with Gasteiger partial charge in [-0.3, -0.25) is 4.79 Å². The summed E-state index contributed by atoms with van der Waals surface area (Å²) in [5.74, 6) is -1.52. The predicted octanol–water partition coefficient (Wildman–Crippen LogP) is 2.49. The summed E-state index contributed by atoms with van der Waals surface area (Å²) in [6, 6.07) is 14.2. The Hall–Kier alpha value is -3.52. The fourth-order valence-corrected chi connectivity index (χ4v) is 4.09. The molecule has 1 aromatic heterocycles. The Morgan fingerprint density at radius 3 is 2.81 bits per heavy atom. The maximum atomic E-state index is 12.3. The Kier molecular flexibility index (Phi) is 6.61. The van der Waals surface area contributed by atoms with Crippen molar-refractivity contribution in [2.24, 2.45) is 0 Å².